The Morgan fingerprint density at radius 2 is 1.86 bits per heavy atom. The van der Waals surface area contributed by atoms with Crippen LogP contribution in [0.25, 0.3) is 11.3 Å². The molecule has 4 heterocycles. The van der Waals surface area contributed by atoms with Crippen molar-refractivity contribution in [2.24, 2.45) is 0 Å². The summed E-state index contributed by atoms with van der Waals surface area (Å²) < 4.78 is 5.61. The summed E-state index contributed by atoms with van der Waals surface area (Å²) in [5, 5.41) is 4.11. The Hall–Kier alpha value is -2.28. The molecule has 2 aromatic rings. The lowest BCUT2D eigenvalue weighted by Gasteiger charge is -2.28. The fourth-order valence-corrected chi connectivity index (χ4v) is 4.51. The van der Waals surface area contributed by atoms with Gasteiger partial charge in [-0.25, -0.2) is 9.97 Å². The molecule has 2 aromatic heterocycles. The van der Waals surface area contributed by atoms with Gasteiger partial charge in [0.15, 0.2) is 5.76 Å². The maximum Gasteiger partial charge on any atom is 0.237 e. The van der Waals surface area contributed by atoms with Gasteiger partial charge < -0.3 is 9.42 Å². The summed E-state index contributed by atoms with van der Waals surface area (Å²) in [5.74, 6) is 1.64. The molecule has 2 aliphatic rings. The summed E-state index contributed by atoms with van der Waals surface area (Å²) in [6.07, 6.45) is 8.66. The topological polar surface area (TPSA) is 75.4 Å². The molecule has 7 heteroatoms. The van der Waals surface area contributed by atoms with Crippen LogP contribution in [0.5, 0.6) is 0 Å². The number of hydrogen-bond donors (Lipinski definition) is 0. The summed E-state index contributed by atoms with van der Waals surface area (Å²) in [7, 11) is 0. The molecule has 1 amide bonds. The van der Waals surface area contributed by atoms with Gasteiger partial charge in [0.1, 0.15) is 5.82 Å². The summed E-state index contributed by atoms with van der Waals surface area (Å²) in [6, 6.07) is -0.0315. The second kappa shape index (κ2) is 8.61. The van der Waals surface area contributed by atoms with Crippen LogP contribution in [0.1, 0.15) is 67.3 Å². The third kappa shape index (κ3) is 4.20. The first-order valence-corrected chi connectivity index (χ1v) is 10.8. The molecule has 29 heavy (non-hydrogen) atoms. The number of hydrogen-bond acceptors (Lipinski definition) is 6. The molecule has 0 unspecified atom stereocenters. The van der Waals surface area contributed by atoms with Crippen molar-refractivity contribution in [2.75, 3.05) is 26.2 Å². The van der Waals surface area contributed by atoms with Crippen molar-refractivity contribution < 1.29 is 9.32 Å². The fraction of sp³-hybridized carbons (Fsp3) is 0.636. The van der Waals surface area contributed by atoms with Crippen LogP contribution in [0.15, 0.2) is 10.7 Å². The minimum absolute atomic E-state index is 0.0315. The number of amides is 1. The lowest BCUT2D eigenvalue weighted by molar-refractivity contribution is -0.133. The molecule has 0 saturated carbocycles. The predicted molar refractivity (Wildman–Crippen MR) is 110 cm³/mol. The van der Waals surface area contributed by atoms with Gasteiger partial charge >= 0.3 is 0 Å². The van der Waals surface area contributed by atoms with E-state index >= 15 is 0 Å². The first kappa shape index (κ1) is 20.0. The van der Waals surface area contributed by atoms with Gasteiger partial charge in [-0.15, -0.1) is 0 Å². The first-order valence-electron chi connectivity index (χ1n) is 10.8. The first-order chi connectivity index (χ1) is 14.0. The number of nitrogens with zero attached hydrogens (tertiary/aromatic N) is 5. The SMILES string of the molecule is Cc1ncc(-c2onc(C)c2C)c([C@@H]2CCCN2C(=O)CN2CCCCCC2)n1. The molecular formula is C22H31N5O2. The zero-order valence-electron chi connectivity index (χ0n) is 17.8. The van der Waals surface area contributed by atoms with Crippen molar-refractivity contribution in [3.05, 3.63) is 29.0 Å². The summed E-state index contributed by atoms with van der Waals surface area (Å²) in [4.78, 5) is 26.7. The van der Waals surface area contributed by atoms with E-state index in [0.29, 0.717) is 18.1 Å². The van der Waals surface area contributed by atoms with Gasteiger partial charge in [0.25, 0.3) is 0 Å². The molecule has 2 saturated heterocycles. The highest BCUT2D eigenvalue weighted by Crippen LogP contribution is 2.38. The molecule has 156 valence electrons. The van der Waals surface area contributed by atoms with Gasteiger partial charge in [-0.1, -0.05) is 18.0 Å². The van der Waals surface area contributed by atoms with E-state index in [4.69, 9.17) is 9.51 Å². The van der Waals surface area contributed by atoms with E-state index in [1.54, 1.807) is 0 Å². The van der Waals surface area contributed by atoms with Gasteiger partial charge in [-0.3, -0.25) is 9.69 Å². The van der Waals surface area contributed by atoms with Crippen molar-refractivity contribution >= 4 is 5.91 Å². The maximum atomic E-state index is 13.2. The molecule has 0 bridgehead atoms. The van der Waals surface area contributed by atoms with E-state index < -0.39 is 0 Å². The molecule has 0 aliphatic carbocycles. The number of aryl methyl sites for hydroxylation is 2. The Balaban J connectivity index is 1.60. The van der Waals surface area contributed by atoms with E-state index in [9.17, 15) is 4.79 Å². The Kier molecular flexibility index (Phi) is 5.94. The van der Waals surface area contributed by atoms with Crippen LogP contribution in [0, 0.1) is 20.8 Å². The van der Waals surface area contributed by atoms with Crippen molar-refractivity contribution in [2.45, 2.75) is 65.3 Å². The second-order valence-corrected chi connectivity index (χ2v) is 8.37. The largest absolute Gasteiger partial charge is 0.356 e. The molecule has 2 aliphatic heterocycles. The number of carbonyl (C=O) groups is 1. The van der Waals surface area contributed by atoms with Crippen LogP contribution in [0.3, 0.4) is 0 Å². The fourth-order valence-electron chi connectivity index (χ4n) is 4.51. The van der Waals surface area contributed by atoms with E-state index in [2.05, 4.69) is 15.0 Å². The molecule has 0 radical (unpaired) electrons. The number of aromatic nitrogens is 3. The number of carbonyl (C=O) groups excluding carboxylic acids is 1. The van der Waals surface area contributed by atoms with E-state index in [1.165, 1.54) is 25.7 Å². The maximum absolute atomic E-state index is 13.2. The lowest BCUT2D eigenvalue weighted by atomic mass is 10.0. The van der Waals surface area contributed by atoms with Crippen LogP contribution in [0.4, 0.5) is 0 Å². The summed E-state index contributed by atoms with van der Waals surface area (Å²) >= 11 is 0. The highest BCUT2D eigenvalue weighted by molar-refractivity contribution is 5.79. The third-order valence-electron chi connectivity index (χ3n) is 6.29. The molecule has 0 aromatic carbocycles. The highest BCUT2D eigenvalue weighted by Gasteiger charge is 2.34. The smallest absolute Gasteiger partial charge is 0.237 e. The Morgan fingerprint density at radius 3 is 2.55 bits per heavy atom. The molecule has 2 fully saturated rings. The number of rotatable bonds is 4. The summed E-state index contributed by atoms with van der Waals surface area (Å²) in [5.41, 5.74) is 3.61. The minimum atomic E-state index is -0.0315. The van der Waals surface area contributed by atoms with Crippen molar-refractivity contribution in [3.63, 3.8) is 0 Å². The van der Waals surface area contributed by atoms with Crippen LogP contribution in [0.2, 0.25) is 0 Å². The van der Waals surface area contributed by atoms with Gasteiger partial charge in [0.05, 0.1) is 29.5 Å². The van der Waals surface area contributed by atoms with Gasteiger partial charge in [0, 0.05) is 18.3 Å². The molecule has 4 rings (SSSR count). The quantitative estimate of drug-likeness (QED) is 0.785. The van der Waals surface area contributed by atoms with Gasteiger partial charge in [-0.05, 0) is 59.5 Å². The van der Waals surface area contributed by atoms with Gasteiger partial charge in [0.2, 0.25) is 5.91 Å². The van der Waals surface area contributed by atoms with E-state index in [-0.39, 0.29) is 11.9 Å². The third-order valence-corrected chi connectivity index (χ3v) is 6.29. The van der Waals surface area contributed by atoms with E-state index in [1.807, 2.05) is 31.9 Å². The lowest BCUT2D eigenvalue weighted by Crippen LogP contribution is -2.40. The summed E-state index contributed by atoms with van der Waals surface area (Å²) in [6.45, 7) is 9.18. The molecule has 0 spiro atoms. The van der Waals surface area contributed by atoms with Crippen LogP contribution in [-0.4, -0.2) is 57.0 Å². The highest BCUT2D eigenvalue weighted by atomic mass is 16.5. The van der Waals surface area contributed by atoms with Crippen molar-refractivity contribution in [3.8, 4) is 11.3 Å². The number of likely N-dealkylation sites (tertiary alicyclic amines) is 2. The predicted octanol–water partition coefficient (Wildman–Crippen LogP) is 3.60. The zero-order valence-corrected chi connectivity index (χ0v) is 17.8. The van der Waals surface area contributed by atoms with Gasteiger partial charge in [-0.2, -0.15) is 0 Å². The molecule has 1 atom stereocenters. The minimum Gasteiger partial charge on any atom is -0.356 e. The van der Waals surface area contributed by atoms with Crippen LogP contribution < -0.4 is 0 Å². The molecule has 0 N–H and O–H groups in total. The average molecular weight is 398 g/mol. The Labute approximate surface area is 172 Å². The monoisotopic (exact) mass is 397 g/mol. The molecule has 7 nitrogen and oxygen atoms in total. The average Bonchev–Trinajstić information content (AvgIpc) is 3.23. The van der Waals surface area contributed by atoms with Crippen molar-refractivity contribution in [1.82, 2.24) is 24.9 Å². The second-order valence-electron chi connectivity index (χ2n) is 8.37. The van der Waals surface area contributed by atoms with Crippen molar-refractivity contribution in [1.29, 1.82) is 0 Å². The molecular weight excluding hydrogens is 366 g/mol. The Morgan fingerprint density at radius 1 is 1.10 bits per heavy atom. The normalized spacial score (nSPS) is 20.8. The van der Waals surface area contributed by atoms with E-state index in [0.717, 1.165) is 55.0 Å². The van der Waals surface area contributed by atoms with Crippen LogP contribution in [-0.2, 0) is 4.79 Å². The standard InChI is InChI=1S/C22H31N5O2/c1-15-16(2)25-29-22(15)18-13-23-17(3)24-21(18)19-9-8-12-27(19)20(28)14-26-10-6-4-5-7-11-26/h13,19H,4-12,14H2,1-3H3/t19-/m0/s1. The zero-order chi connectivity index (χ0) is 20.4. The van der Waals surface area contributed by atoms with Crippen LogP contribution >= 0.6 is 0 Å². The Bertz CT molecular complexity index is 870.